The fourth-order valence-electron chi connectivity index (χ4n) is 1.64. The van der Waals surface area contributed by atoms with E-state index in [2.05, 4.69) is 6.58 Å². The molecule has 0 atom stereocenters. The van der Waals surface area contributed by atoms with Crippen LogP contribution in [0.3, 0.4) is 0 Å². The number of ether oxygens (including phenoxy) is 1. The highest BCUT2D eigenvalue weighted by Crippen LogP contribution is 2.27. The van der Waals surface area contributed by atoms with E-state index in [-0.39, 0.29) is 5.82 Å². The third-order valence-electron chi connectivity index (χ3n) is 2.90. The molecule has 1 aliphatic rings. The largest absolute Gasteiger partial charge is 0.493 e. The van der Waals surface area contributed by atoms with E-state index in [1.807, 2.05) is 0 Å². The van der Waals surface area contributed by atoms with Crippen molar-refractivity contribution in [1.29, 1.82) is 0 Å². The van der Waals surface area contributed by atoms with Crippen LogP contribution in [0.1, 0.15) is 24.8 Å². The highest BCUT2D eigenvalue weighted by molar-refractivity contribution is 5.49. The van der Waals surface area contributed by atoms with E-state index in [9.17, 15) is 4.39 Å². The van der Waals surface area contributed by atoms with Crippen molar-refractivity contribution in [2.24, 2.45) is 5.92 Å². The van der Waals surface area contributed by atoms with E-state index in [1.54, 1.807) is 12.1 Å². The summed E-state index contributed by atoms with van der Waals surface area (Å²) in [6.07, 6.45) is 5.29. The molecule has 0 aromatic heterocycles. The molecule has 1 aromatic carbocycles. The van der Waals surface area contributed by atoms with Crippen LogP contribution in [-0.4, -0.2) is 6.61 Å². The quantitative estimate of drug-likeness (QED) is 0.730. The smallest absolute Gasteiger partial charge is 0.134 e. The Morgan fingerprint density at radius 3 is 2.80 bits per heavy atom. The van der Waals surface area contributed by atoms with Gasteiger partial charge in [0.1, 0.15) is 11.6 Å². The highest BCUT2D eigenvalue weighted by atomic mass is 19.1. The van der Waals surface area contributed by atoms with E-state index >= 15 is 0 Å². The van der Waals surface area contributed by atoms with Gasteiger partial charge in [-0.15, -0.1) is 0 Å². The molecule has 0 N–H and O–H groups in total. The molecule has 2 heteroatoms. The van der Waals surface area contributed by atoms with Crippen LogP contribution in [0.2, 0.25) is 0 Å². The maximum absolute atomic E-state index is 13.3. The van der Waals surface area contributed by atoms with Gasteiger partial charge >= 0.3 is 0 Å². The molecule has 1 aromatic rings. The number of hydrogen-bond acceptors (Lipinski definition) is 1. The van der Waals surface area contributed by atoms with Crippen LogP contribution in [0.5, 0.6) is 5.75 Å². The lowest BCUT2D eigenvalue weighted by Gasteiger charge is -2.25. The van der Waals surface area contributed by atoms with E-state index in [0.717, 1.165) is 0 Å². The number of hydrogen-bond donors (Lipinski definition) is 0. The maximum Gasteiger partial charge on any atom is 0.134 e. The van der Waals surface area contributed by atoms with Gasteiger partial charge in [0.25, 0.3) is 0 Å². The third-order valence-corrected chi connectivity index (χ3v) is 2.90. The van der Waals surface area contributed by atoms with Crippen molar-refractivity contribution < 1.29 is 9.13 Å². The van der Waals surface area contributed by atoms with Crippen molar-refractivity contribution in [2.75, 3.05) is 6.61 Å². The lowest BCUT2D eigenvalue weighted by Crippen LogP contribution is -2.19. The van der Waals surface area contributed by atoms with Crippen LogP contribution in [-0.2, 0) is 0 Å². The van der Waals surface area contributed by atoms with Gasteiger partial charge in [-0.25, -0.2) is 4.39 Å². The summed E-state index contributed by atoms with van der Waals surface area (Å²) >= 11 is 0. The van der Waals surface area contributed by atoms with Gasteiger partial charge in [0.05, 0.1) is 6.61 Å². The highest BCUT2D eigenvalue weighted by Gasteiger charge is 2.17. The molecule has 1 aliphatic carbocycles. The van der Waals surface area contributed by atoms with Crippen LogP contribution >= 0.6 is 0 Å². The van der Waals surface area contributed by atoms with Gasteiger partial charge < -0.3 is 4.74 Å². The van der Waals surface area contributed by atoms with Gasteiger partial charge in [0.15, 0.2) is 0 Å². The minimum atomic E-state index is -0.267. The molecular weight excluding hydrogens is 191 g/mol. The summed E-state index contributed by atoms with van der Waals surface area (Å²) in [4.78, 5) is 0. The molecule has 1 fully saturated rings. The second kappa shape index (κ2) is 4.47. The minimum absolute atomic E-state index is 0.267. The van der Waals surface area contributed by atoms with Crippen molar-refractivity contribution in [3.05, 3.63) is 36.2 Å². The first-order chi connectivity index (χ1) is 7.29. The van der Waals surface area contributed by atoms with Crippen molar-refractivity contribution in [3.63, 3.8) is 0 Å². The Hall–Kier alpha value is -1.31. The molecule has 0 spiro atoms. The van der Waals surface area contributed by atoms with E-state index < -0.39 is 0 Å². The van der Waals surface area contributed by atoms with Gasteiger partial charge in [-0.2, -0.15) is 0 Å². The summed E-state index contributed by atoms with van der Waals surface area (Å²) in [6.45, 7) is 4.25. The van der Waals surface area contributed by atoms with E-state index in [1.165, 1.54) is 31.4 Å². The van der Waals surface area contributed by atoms with Gasteiger partial charge in [0.2, 0.25) is 0 Å². The Labute approximate surface area is 89.6 Å². The van der Waals surface area contributed by atoms with Gasteiger partial charge in [0, 0.05) is 11.6 Å². The second-order valence-corrected chi connectivity index (χ2v) is 4.00. The Balaban J connectivity index is 1.96. The van der Waals surface area contributed by atoms with Gasteiger partial charge in [-0.3, -0.25) is 0 Å². The zero-order chi connectivity index (χ0) is 10.7. The van der Waals surface area contributed by atoms with Crippen molar-refractivity contribution in [2.45, 2.75) is 19.3 Å². The zero-order valence-corrected chi connectivity index (χ0v) is 8.71. The van der Waals surface area contributed by atoms with Crippen LogP contribution in [0.15, 0.2) is 24.8 Å². The molecule has 0 aliphatic heterocycles. The SMILES string of the molecule is C=Cc1ccc(OCC2CCC2)cc1F. The fraction of sp³-hybridized carbons (Fsp3) is 0.385. The molecule has 1 nitrogen and oxygen atoms in total. The number of rotatable bonds is 4. The average Bonchev–Trinajstić information content (AvgIpc) is 2.16. The summed E-state index contributed by atoms with van der Waals surface area (Å²) in [6, 6.07) is 4.91. The normalized spacial score (nSPS) is 15.8. The summed E-state index contributed by atoms with van der Waals surface area (Å²) in [5.41, 5.74) is 0.519. The lowest BCUT2D eigenvalue weighted by molar-refractivity contribution is 0.180. The minimum Gasteiger partial charge on any atom is -0.493 e. The first-order valence-electron chi connectivity index (χ1n) is 5.34. The Morgan fingerprint density at radius 2 is 2.27 bits per heavy atom. The van der Waals surface area contributed by atoms with Crippen LogP contribution < -0.4 is 4.74 Å². The van der Waals surface area contributed by atoms with Crippen molar-refractivity contribution >= 4 is 6.08 Å². The monoisotopic (exact) mass is 206 g/mol. The summed E-state index contributed by atoms with van der Waals surface area (Å²) in [5, 5.41) is 0. The predicted octanol–water partition coefficient (Wildman–Crippen LogP) is 3.65. The molecule has 0 radical (unpaired) electrons. The molecule has 80 valence electrons. The number of halogens is 1. The van der Waals surface area contributed by atoms with E-state index in [4.69, 9.17) is 4.74 Å². The molecular formula is C13H15FO. The summed E-state index contributed by atoms with van der Waals surface area (Å²) < 4.78 is 18.8. The molecule has 0 amide bonds. The predicted molar refractivity (Wildman–Crippen MR) is 59.3 cm³/mol. The van der Waals surface area contributed by atoms with Crippen LogP contribution in [0.25, 0.3) is 6.08 Å². The van der Waals surface area contributed by atoms with Crippen LogP contribution in [0, 0.1) is 11.7 Å². The Bertz CT molecular complexity index is 356. The second-order valence-electron chi connectivity index (χ2n) is 4.00. The molecule has 0 bridgehead atoms. The zero-order valence-electron chi connectivity index (χ0n) is 8.71. The summed E-state index contributed by atoms with van der Waals surface area (Å²) in [7, 11) is 0. The fourth-order valence-corrected chi connectivity index (χ4v) is 1.64. The van der Waals surface area contributed by atoms with E-state index in [0.29, 0.717) is 23.8 Å². The topological polar surface area (TPSA) is 9.23 Å². The summed E-state index contributed by atoms with van der Waals surface area (Å²) in [5.74, 6) is 1.02. The molecule has 2 rings (SSSR count). The van der Waals surface area contributed by atoms with Crippen molar-refractivity contribution in [1.82, 2.24) is 0 Å². The Morgan fingerprint density at radius 1 is 1.47 bits per heavy atom. The first-order valence-corrected chi connectivity index (χ1v) is 5.34. The van der Waals surface area contributed by atoms with Crippen molar-refractivity contribution in [3.8, 4) is 5.75 Å². The third kappa shape index (κ3) is 2.38. The molecule has 1 saturated carbocycles. The average molecular weight is 206 g/mol. The molecule has 0 heterocycles. The molecule has 0 saturated heterocycles. The first kappa shape index (κ1) is 10.2. The molecule has 15 heavy (non-hydrogen) atoms. The molecule has 0 unspecified atom stereocenters. The standard InChI is InChI=1S/C13H15FO/c1-2-11-6-7-12(8-13(11)14)15-9-10-4-3-5-10/h2,6-8,10H,1,3-5,9H2. The maximum atomic E-state index is 13.3. The van der Waals surface area contributed by atoms with Gasteiger partial charge in [-0.05, 0) is 30.9 Å². The van der Waals surface area contributed by atoms with Crippen LogP contribution in [0.4, 0.5) is 4.39 Å². The Kier molecular flexibility index (Phi) is 3.05. The van der Waals surface area contributed by atoms with Gasteiger partial charge in [-0.1, -0.05) is 19.1 Å². The number of benzene rings is 1. The lowest BCUT2D eigenvalue weighted by atomic mass is 9.86.